The first-order valence-corrected chi connectivity index (χ1v) is 8.59. The molecule has 1 aromatic rings. The number of nitrogen functional groups attached to an aromatic ring is 1. The van der Waals surface area contributed by atoms with Crippen LogP contribution in [0.15, 0.2) is 42.8 Å². The van der Waals surface area contributed by atoms with Gasteiger partial charge in [-0.3, -0.25) is 0 Å². The lowest BCUT2D eigenvalue weighted by Crippen LogP contribution is -2.29. The predicted octanol–water partition coefficient (Wildman–Crippen LogP) is 2.38. The molecule has 1 aromatic heterocycles. The highest BCUT2D eigenvalue weighted by atomic mass is 16.3. The van der Waals surface area contributed by atoms with Gasteiger partial charge in [-0.05, 0) is 38.7 Å². The summed E-state index contributed by atoms with van der Waals surface area (Å²) in [5, 5.41) is 19.3. The molecule has 7 heteroatoms. The maximum absolute atomic E-state index is 9.58. The van der Waals surface area contributed by atoms with Crippen molar-refractivity contribution in [2.75, 3.05) is 23.0 Å². The number of nitrogens with two attached hydrogens (primary N) is 1. The van der Waals surface area contributed by atoms with Crippen LogP contribution in [0.25, 0.3) is 0 Å². The maximum atomic E-state index is 9.58. The zero-order valence-electron chi connectivity index (χ0n) is 14.7. The first kappa shape index (κ1) is 18.8. The van der Waals surface area contributed by atoms with Gasteiger partial charge in [-0.15, -0.1) is 0 Å². The minimum atomic E-state index is -0.175. The highest BCUT2D eigenvalue weighted by Gasteiger charge is 2.20. The van der Waals surface area contributed by atoms with Crippen molar-refractivity contribution in [2.24, 2.45) is 0 Å². The molecular weight excluding hydrogens is 316 g/mol. The molecule has 6 N–H and O–H groups in total. The molecule has 0 atom stereocenters. The number of aromatic nitrogens is 2. The van der Waals surface area contributed by atoms with E-state index >= 15 is 0 Å². The highest BCUT2D eigenvalue weighted by molar-refractivity contribution is 5.61. The van der Waals surface area contributed by atoms with E-state index in [1.807, 2.05) is 25.2 Å². The average Bonchev–Trinajstić information content (AvgIpc) is 2.60. The second-order valence-electron chi connectivity index (χ2n) is 6.15. The Balaban J connectivity index is 1.87. The number of nitrogens with one attached hydrogen (secondary N) is 3. The Morgan fingerprint density at radius 1 is 1.36 bits per heavy atom. The fourth-order valence-electron chi connectivity index (χ4n) is 2.61. The number of aliphatic hydroxyl groups excluding tert-OH is 1. The van der Waals surface area contributed by atoms with Gasteiger partial charge in [0.2, 0.25) is 5.95 Å². The molecule has 1 fully saturated rings. The molecule has 136 valence electrons. The average molecular weight is 344 g/mol. The van der Waals surface area contributed by atoms with Crippen LogP contribution in [0.2, 0.25) is 0 Å². The molecule has 0 aromatic carbocycles. The molecule has 0 amide bonds. The van der Waals surface area contributed by atoms with Gasteiger partial charge in [0.15, 0.2) is 5.82 Å². The van der Waals surface area contributed by atoms with Crippen LogP contribution in [0.1, 0.15) is 32.6 Å². The molecule has 0 unspecified atom stereocenters. The Hall–Kier alpha value is -2.54. The van der Waals surface area contributed by atoms with E-state index in [0.717, 1.165) is 31.4 Å². The van der Waals surface area contributed by atoms with E-state index in [4.69, 9.17) is 5.73 Å². The first-order chi connectivity index (χ1) is 12.1. The fourth-order valence-corrected chi connectivity index (χ4v) is 2.61. The first-order valence-electron chi connectivity index (χ1n) is 8.59. The van der Waals surface area contributed by atoms with Crippen LogP contribution in [0.5, 0.6) is 0 Å². The number of allylic oxidation sites excluding steroid dienone is 5. The van der Waals surface area contributed by atoms with E-state index in [1.165, 1.54) is 0 Å². The van der Waals surface area contributed by atoms with Gasteiger partial charge in [0.1, 0.15) is 0 Å². The molecule has 0 radical (unpaired) electrons. The largest absolute Gasteiger partial charge is 0.394 e. The molecule has 0 saturated heterocycles. The van der Waals surface area contributed by atoms with Crippen LogP contribution >= 0.6 is 0 Å². The summed E-state index contributed by atoms with van der Waals surface area (Å²) in [4.78, 5) is 8.70. The van der Waals surface area contributed by atoms with Crippen molar-refractivity contribution >= 4 is 17.5 Å². The molecule has 0 spiro atoms. The van der Waals surface area contributed by atoms with Crippen LogP contribution in [0, 0.1) is 0 Å². The summed E-state index contributed by atoms with van der Waals surface area (Å²) in [6.07, 6.45) is 12.4. The van der Waals surface area contributed by atoms with Crippen LogP contribution in [0.3, 0.4) is 0 Å². The highest BCUT2D eigenvalue weighted by Crippen LogP contribution is 2.22. The molecule has 1 aliphatic rings. The number of nitrogens with zero attached hydrogens (tertiary/aromatic N) is 2. The van der Waals surface area contributed by atoms with Crippen molar-refractivity contribution in [1.29, 1.82) is 0 Å². The minimum Gasteiger partial charge on any atom is -0.394 e. The maximum Gasteiger partial charge on any atom is 0.224 e. The molecule has 2 rings (SSSR count). The zero-order chi connectivity index (χ0) is 18.1. The van der Waals surface area contributed by atoms with Crippen molar-refractivity contribution < 1.29 is 5.11 Å². The van der Waals surface area contributed by atoms with E-state index in [0.29, 0.717) is 30.2 Å². The summed E-state index contributed by atoms with van der Waals surface area (Å²) in [5.41, 5.74) is 7.45. The minimum absolute atomic E-state index is 0.175. The van der Waals surface area contributed by atoms with Crippen molar-refractivity contribution in [3.63, 3.8) is 0 Å². The van der Waals surface area contributed by atoms with E-state index < -0.39 is 0 Å². The predicted molar refractivity (Wildman–Crippen MR) is 103 cm³/mol. The van der Waals surface area contributed by atoms with Gasteiger partial charge in [-0.25, -0.2) is 4.98 Å². The third-order valence-electron chi connectivity index (χ3n) is 4.06. The Morgan fingerprint density at radius 3 is 2.84 bits per heavy atom. The summed E-state index contributed by atoms with van der Waals surface area (Å²) in [6, 6.07) is 0.292. The van der Waals surface area contributed by atoms with Gasteiger partial charge in [-0.2, -0.15) is 4.98 Å². The lowest BCUT2D eigenvalue weighted by Gasteiger charge is -2.26. The van der Waals surface area contributed by atoms with Crippen molar-refractivity contribution in [2.45, 2.75) is 44.8 Å². The summed E-state index contributed by atoms with van der Waals surface area (Å²) in [5.74, 6) is 1.15. The fraction of sp³-hybridized carbons (Fsp3) is 0.444. The quantitative estimate of drug-likeness (QED) is 0.364. The number of hydrogen-bond donors (Lipinski definition) is 5. The van der Waals surface area contributed by atoms with Gasteiger partial charge < -0.3 is 26.8 Å². The Labute approximate surface area is 149 Å². The van der Waals surface area contributed by atoms with E-state index in [-0.39, 0.29) is 6.10 Å². The Kier molecular flexibility index (Phi) is 7.28. The number of aliphatic hydroxyl groups is 1. The van der Waals surface area contributed by atoms with Gasteiger partial charge in [0.05, 0.1) is 24.7 Å². The van der Waals surface area contributed by atoms with E-state index in [9.17, 15) is 5.11 Å². The van der Waals surface area contributed by atoms with E-state index in [2.05, 4.69) is 32.5 Å². The zero-order valence-corrected chi connectivity index (χ0v) is 14.7. The molecule has 0 aliphatic heterocycles. The lowest BCUT2D eigenvalue weighted by atomic mass is 9.93. The smallest absolute Gasteiger partial charge is 0.224 e. The van der Waals surface area contributed by atoms with Gasteiger partial charge >= 0.3 is 0 Å². The third-order valence-corrected chi connectivity index (χ3v) is 4.06. The second-order valence-corrected chi connectivity index (χ2v) is 6.15. The molecule has 7 nitrogen and oxygen atoms in total. The monoisotopic (exact) mass is 344 g/mol. The summed E-state index contributed by atoms with van der Waals surface area (Å²) >= 11 is 0. The van der Waals surface area contributed by atoms with Gasteiger partial charge in [0, 0.05) is 11.7 Å². The standard InChI is InChI=1S/C18H28N6O/c1-3-4-5-6-13(2)21-12-22-17-16(19)11-20-18(24-17)23-14-7-9-15(25)10-8-14/h3-6,11,14-15,21,25H,1,7-10,12,19H2,2H3,(H2,20,22,23,24)/b5-4-,13-6+. The van der Waals surface area contributed by atoms with Crippen molar-refractivity contribution in [3.8, 4) is 0 Å². The lowest BCUT2D eigenvalue weighted by molar-refractivity contribution is 0.126. The van der Waals surface area contributed by atoms with Crippen LogP contribution in [-0.2, 0) is 0 Å². The third kappa shape index (κ3) is 6.46. The molecule has 0 bridgehead atoms. The molecule has 1 aliphatic carbocycles. The Morgan fingerprint density at radius 2 is 2.12 bits per heavy atom. The van der Waals surface area contributed by atoms with Gasteiger partial charge in [-0.1, -0.05) is 24.8 Å². The van der Waals surface area contributed by atoms with Crippen LogP contribution < -0.4 is 21.7 Å². The molecule has 1 saturated carbocycles. The molecular formula is C18H28N6O. The Bertz CT molecular complexity index is 620. The van der Waals surface area contributed by atoms with Crippen molar-refractivity contribution in [1.82, 2.24) is 15.3 Å². The number of hydrogen-bond acceptors (Lipinski definition) is 7. The summed E-state index contributed by atoms with van der Waals surface area (Å²) in [6.45, 7) is 6.10. The van der Waals surface area contributed by atoms with E-state index in [1.54, 1.807) is 12.3 Å². The second kappa shape index (κ2) is 9.68. The van der Waals surface area contributed by atoms with Crippen molar-refractivity contribution in [3.05, 3.63) is 42.8 Å². The summed E-state index contributed by atoms with van der Waals surface area (Å²) < 4.78 is 0. The number of anilines is 3. The van der Waals surface area contributed by atoms with Gasteiger partial charge in [0.25, 0.3) is 0 Å². The summed E-state index contributed by atoms with van der Waals surface area (Å²) in [7, 11) is 0. The van der Waals surface area contributed by atoms with Crippen LogP contribution in [0.4, 0.5) is 17.5 Å². The molecule has 1 heterocycles. The topological polar surface area (TPSA) is 108 Å². The SMILES string of the molecule is C=C/C=C\C=C(/C)NCNc1nc(NC2CCC(O)CC2)ncc1N. The molecule has 25 heavy (non-hydrogen) atoms. The van der Waals surface area contributed by atoms with Crippen LogP contribution in [-0.4, -0.2) is 33.9 Å². The normalized spacial score (nSPS) is 21.1. The number of rotatable bonds is 8.